The molecule has 88 valence electrons. The topological polar surface area (TPSA) is 18.5 Å². The Labute approximate surface area is 97.9 Å². The number of rotatable bonds is 4. The minimum Gasteiger partial charge on any atom is -0.465 e. The molecule has 0 aliphatic carbocycles. The zero-order chi connectivity index (χ0) is 12.2. The highest BCUT2D eigenvalue weighted by Crippen LogP contribution is 2.22. The molecule has 0 radical (unpaired) electrons. The highest BCUT2D eigenvalue weighted by molar-refractivity contribution is 5.55. The summed E-state index contributed by atoms with van der Waals surface area (Å²) in [6.45, 7) is 11.7. The normalized spacial score (nSPS) is 13.2. The SMILES string of the molecule is C=Cc1ccccc1OC(C)OC(C)(C)C. The van der Waals surface area contributed by atoms with Gasteiger partial charge in [0.1, 0.15) is 5.75 Å². The number of para-hydroxylation sites is 1. The first-order chi connectivity index (χ1) is 7.42. The molecule has 0 spiro atoms. The van der Waals surface area contributed by atoms with Gasteiger partial charge < -0.3 is 9.47 Å². The average Bonchev–Trinajstić information content (AvgIpc) is 2.15. The maximum atomic E-state index is 5.72. The van der Waals surface area contributed by atoms with E-state index in [2.05, 4.69) is 6.58 Å². The number of hydrogen-bond donors (Lipinski definition) is 0. The summed E-state index contributed by atoms with van der Waals surface area (Å²) in [7, 11) is 0. The highest BCUT2D eigenvalue weighted by atomic mass is 16.7. The molecular weight excluding hydrogens is 200 g/mol. The molecule has 16 heavy (non-hydrogen) atoms. The third-order valence-corrected chi connectivity index (χ3v) is 1.95. The molecule has 2 nitrogen and oxygen atoms in total. The summed E-state index contributed by atoms with van der Waals surface area (Å²) in [4.78, 5) is 0. The molecule has 0 aliphatic heterocycles. The third kappa shape index (κ3) is 4.07. The van der Waals surface area contributed by atoms with Crippen molar-refractivity contribution >= 4 is 6.08 Å². The maximum absolute atomic E-state index is 5.72. The van der Waals surface area contributed by atoms with Gasteiger partial charge in [-0.1, -0.05) is 30.9 Å². The second-order valence-corrected chi connectivity index (χ2v) is 4.66. The quantitative estimate of drug-likeness (QED) is 0.717. The molecule has 0 heterocycles. The summed E-state index contributed by atoms with van der Waals surface area (Å²) in [5.74, 6) is 0.800. The van der Waals surface area contributed by atoms with Crippen LogP contribution in [0.4, 0.5) is 0 Å². The van der Waals surface area contributed by atoms with Crippen molar-refractivity contribution in [1.82, 2.24) is 0 Å². The summed E-state index contributed by atoms with van der Waals surface area (Å²) < 4.78 is 11.4. The van der Waals surface area contributed by atoms with Crippen LogP contribution in [-0.4, -0.2) is 11.9 Å². The van der Waals surface area contributed by atoms with Crippen LogP contribution in [-0.2, 0) is 4.74 Å². The largest absolute Gasteiger partial charge is 0.465 e. The summed E-state index contributed by atoms with van der Waals surface area (Å²) in [5.41, 5.74) is 0.773. The zero-order valence-electron chi connectivity index (χ0n) is 10.5. The van der Waals surface area contributed by atoms with Gasteiger partial charge in [-0.3, -0.25) is 0 Å². The first kappa shape index (κ1) is 12.8. The van der Waals surface area contributed by atoms with Crippen molar-refractivity contribution in [2.75, 3.05) is 0 Å². The van der Waals surface area contributed by atoms with Crippen LogP contribution in [0, 0.1) is 0 Å². The van der Waals surface area contributed by atoms with Crippen LogP contribution in [0.5, 0.6) is 5.75 Å². The second-order valence-electron chi connectivity index (χ2n) is 4.66. The van der Waals surface area contributed by atoms with Crippen LogP contribution in [0.25, 0.3) is 6.08 Å². The Morgan fingerprint density at radius 1 is 1.25 bits per heavy atom. The lowest BCUT2D eigenvalue weighted by Crippen LogP contribution is -2.29. The molecule has 1 aromatic carbocycles. The molecule has 1 aromatic rings. The lowest BCUT2D eigenvalue weighted by atomic mass is 10.2. The summed E-state index contributed by atoms with van der Waals surface area (Å²) in [5, 5.41) is 0. The summed E-state index contributed by atoms with van der Waals surface area (Å²) in [6, 6.07) is 7.77. The minimum absolute atomic E-state index is 0.206. The van der Waals surface area contributed by atoms with E-state index in [1.807, 2.05) is 52.0 Å². The lowest BCUT2D eigenvalue weighted by Gasteiger charge is -2.25. The molecule has 0 saturated heterocycles. The number of hydrogen-bond acceptors (Lipinski definition) is 2. The van der Waals surface area contributed by atoms with Crippen LogP contribution in [0.2, 0.25) is 0 Å². The molecule has 1 atom stereocenters. The van der Waals surface area contributed by atoms with Crippen LogP contribution in [0.1, 0.15) is 33.3 Å². The number of benzene rings is 1. The standard InChI is InChI=1S/C14H20O2/c1-6-12-9-7-8-10-13(12)15-11(2)16-14(3,4)5/h6-11H,1H2,2-5H3. The van der Waals surface area contributed by atoms with E-state index in [0.717, 1.165) is 11.3 Å². The Hall–Kier alpha value is -1.28. The predicted octanol–water partition coefficient (Wildman–Crippen LogP) is 3.87. The van der Waals surface area contributed by atoms with Crippen LogP contribution < -0.4 is 4.74 Å². The fourth-order valence-electron chi connectivity index (χ4n) is 1.46. The van der Waals surface area contributed by atoms with E-state index in [1.54, 1.807) is 6.08 Å². The van der Waals surface area contributed by atoms with Crippen molar-refractivity contribution in [1.29, 1.82) is 0 Å². The smallest absolute Gasteiger partial charge is 0.197 e. The van der Waals surface area contributed by atoms with Crippen LogP contribution in [0.3, 0.4) is 0 Å². The Morgan fingerprint density at radius 2 is 1.88 bits per heavy atom. The van der Waals surface area contributed by atoms with Crippen molar-refractivity contribution < 1.29 is 9.47 Å². The van der Waals surface area contributed by atoms with E-state index in [9.17, 15) is 0 Å². The molecule has 1 rings (SSSR count). The van der Waals surface area contributed by atoms with Gasteiger partial charge >= 0.3 is 0 Å². The monoisotopic (exact) mass is 220 g/mol. The molecule has 0 fully saturated rings. The maximum Gasteiger partial charge on any atom is 0.197 e. The van der Waals surface area contributed by atoms with Gasteiger partial charge in [-0.15, -0.1) is 0 Å². The van der Waals surface area contributed by atoms with Gasteiger partial charge in [-0.25, -0.2) is 0 Å². The molecule has 0 bridgehead atoms. The van der Waals surface area contributed by atoms with E-state index in [0.29, 0.717) is 0 Å². The molecule has 0 amide bonds. The van der Waals surface area contributed by atoms with Gasteiger partial charge in [-0.2, -0.15) is 0 Å². The third-order valence-electron chi connectivity index (χ3n) is 1.95. The lowest BCUT2D eigenvalue weighted by molar-refractivity contribution is -0.140. The first-order valence-corrected chi connectivity index (χ1v) is 5.48. The van der Waals surface area contributed by atoms with E-state index < -0.39 is 0 Å². The number of ether oxygens (including phenoxy) is 2. The van der Waals surface area contributed by atoms with Gasteiger partial charge in [0, 0.05) is 5.56 Å². The Balaban J connectivity index is 2.69. The van der Waals surface area contributed by atoms with Crippen molar-refractivity contribution in [3.63, 3.8) is 0 Å². The summed E-state index contributed by atoms with van der Waals surface area (Å²) >= 11 is 0. The fourth-order valence-corrected chi connectivity index (χ4v) is 1.46. The van der Waals surface area contributed by atoms with Crippen LogP contribution >= 0.6 is 0 Å². The first-order valence-electron chi connectivity index (χ1n) is 5.48. The van der Waals surface area contributed by atoms with E-state index in [1.165, 1.54) is 0 Å². The highest BCUT2D eigenvalue weighted by Gasteiger charge is 2.16. The Kier molecular flexibility index (Phi) is 4.13. The molecule has 1 unspecified atom stereocenters. The van der Waals surface area contributed by atoms with Crippen molar-refractivity contribution in [3.05, 3.63) is 36.4 Å². The van der Waals surface area contributed by atoms with E-state index in [-0.39, 0.29) is 11.9 Å². The average molecular weight is 220 g/mol. The Bertz CT molecular complexity index is 350. The van der Waals surface area contributed by atoms with Gasteiger partial charge in [0.15, 0.2) is 6.29 Å². The van der Waals surface area contributed by atoms with Gasteiger partial charge in [-0.05, 0) is 33.8 Å². The van der Waals surface area contributed by atoms with Crippen molar-refractivity contribution in [3.8, 4) is 5.75 Å². The predicted molar refractivity (Wildman–Crippen MR) is 67.5 cm³/mol. The molecule has 0 N–H and O–H groups in total. The zero-order valence-corrected chi connectivity index (χ0v) is 10.5. The van der Waals surface area contributed by atoms with E-state index >= 15 is 0 Å². The van der Waals surface area contributed by atoms with Crippen molar-refractivity contribution in [2.45, 2.75) is 39.6 Å². The van der Waals surface area contributed by atoms with Gasteiger partial charge in [0.2, 0.25) is 0 Å². The van der Waals surface area contributed by atoms with Crippen LogP contribution in [0.15, 0.2) is 30.8 Å². The second kappa shape index (κ2) is 5.17. The fraction of sp³-hybridized carbons (Fsp3) is 0.429. The molecule has 0 aromatic heterocycles. The molecule has 2 heteroatoms. The Morgan fingerprint density at radius 3 is 2.44 bits per heavy atom. The summed E-state index contributed by atoms with van der Waals surface area (Å²) in [6.07, 6.45) is 1.50. The van der Waals surface area contributed by atoms with Gasteiger partial charge in [0.05, 0.1) is 5.60 Å². The minimum atomic E-state index is -0.277. The van der Waals surface area contributed by atoms with E-state index in [4.69, 9.17) is 9.47 Å². The molecule has 0 saturated carbocycles. The molecule has 0 aliphatic rings. The molecular formula is C14H20O2. The van der Waals surface area contributed by atoms with Crippen molar-refractivity contribution in [2.24, 2.45) is 0 Å². The van der Waals surface area contributed by atoms with Gasteiger partial charge in [0.25, 0.3) is 0 Å².